The SMILES string of the molecule is CCn1nnnc1-c1ccc(OC)c(S(=O)(=O)Nc2ccc(C)cc2C)c1. The lowest BCUT2D eigenvalue weighted by atomic mass is 10.1. The van der Waals surface area contributed by atoms with Crippen LogP contribution >= 0.6 is 0 Å². The summed E-state index contributed by atoms with van der Waals surface area (Å²) in [5.41, 5.74) is 3.00. The van der Waals surface area contributed by atoms with Crippen LogP contribution in [-0.2, 0) is 16.6 Å². The van der Waals surface area contributed by atoms with Crippen LogP contribution in [0, 0.1) is 13.8 Å². The molecular formula is C18H21N5O3S. The Bertz CT molecular complexity index is 1080. The summed E-state index contributed by atoms with van der Waals surface area (Å²) in [5.74, 6) is 0.731. The van der Waals surface area contributed by atoms with E-state index in [4.69, 9.17) is 4.74 Å². The minimum Gasteiger partial charge on any atom is -0.495 e. The molecule has 0 spiro atoms. The molecule has 0 radical (unpaired) electrons. The highest BCUT2D eigenvalue weighted by Crippen LogP contribution is 2.31. The van der Waals surface area contributed by atoms with Crippen LogP contribution in [-0.4, -0.2) is 35.7 Å². The van der Waals surface area contributed by atoms with Gasteiger partial charge in [0.2, 0.25) is 0 Å². The fourth-order valence-electron chi connectivity index (χ4n) is 2.78. The molecule has 0 atom stereocenters. The van der Waals surface area contributed by atoms with Gasteiger partial charge in [-0.25, -0.2) is 13.1 Å². The lowest BCUT2D eigenvalue weighted by Crippen LogP contribution is -2.15. The van der Waals surface area contributed by atoms with Crippen molar-refractivity contribution in [3.8, 4) is 17.1 Å². The summed E-state index contributed by atoms with van der Waals surface area (Å²) in [5, 5.41) is 11.5. The monoisotopic (exact) mass is 387 g/mol. The first-order chi connectivity index (χ1) is 12.9. The van der Waals surface area contributed by atoms with Crippen LogP contribution in [0.4, 0.5) is 5.69 Å². The molecule has 142 valence electrons. The summed E-state index contributed by atoms with van der Waals surface area (Å²) in [4.78, 5) is 0.0214. The van der Waals surface area contributed by atoms with Gasteiger partial charge in [0.15, 0.2) is 5.82 Å². The van der Waals surface area contributed by atoms with Crippen LogP contribution in [0.5, 0.6) is 5.75 Å². The number of aromatic nitrogens is 4. The first-order valence-electron chi connectivity index (χ1n) is 8.40. The average molecular weight is 387 g/mol. The van der Waals surface area contributed by atoms with Gasteiger partial charge in [-0.3, -0.25) is 4.72 Å². The van der Waals surface area contributed by atoms with Crippen LogP contribution in [0.2, 0.25) is 0 Å². The highest BCUT2D eigenvalue weighted by atomic mass is 32.2. The third-order valence-corrected chi connectivity index (χ3v) is 5.56. The van der Waals surface area contributed by atoms with Gasteiger partial charge in [0.25, 0.3) is 10.0 Å². The van der Waals surface area contributed by atoms with Crippen LogP contribution in [0.25, 0.3) is 11.4 Å². The molecule has 1 heterocycles. The maximum Gasteiger partial charge on any atom is 0.265 e. The Kier molecular flexibility index (Phi) is 5.13. The Morgan fingerprint density at radius 3 is 2.59 bits per heavy atom. The molecule has 1 N–H and O–H groups in total. The van der Waals surface area contributed by atoms with Crippen molar-refractivity contribution < 1.29 is 13.2 Å². The molecule has 8 nitrogen and oxygen atoms in total. The second-order valence-corrected chi connectivity index (χ2v) is 7.76. The third kappa shape index (κ3) is 3.77. The van der Waals surface area contributed by atoms with E-state index < -0.39 is 10.0 Å². The van der Waals surface area contributed by atoms with Gasteiger partial charge in [-0.05, 0) is 61.0 Å². The number of nitrogens with one attached hydrogen (secondary N) is 1. The number of sulfonamides is 1. The van der Waals surface area contributed by atoms with Crippen LogP contribution in [0.15, 0.2) is 41.3 Å². The van der Waals surface area contributed by atoms with E-state index in [2.05, 4.69) is 20.2 Å². The van der Waals surface area contributed by atoms with Gasteiger partial charge in [-0.1, -0.05) is 17.7 Å². The highest BCUT2D eigenvalue weighted by Gasteiger charge is 2.22. The number of nitrogens with zero attached hydrogens (tertiary/aromatic N) is 4. The van der Waals surface area contributed by atoms with Crippen molar-refractivity contribution in [3.63, 3.8) is 0 Å². The second kappa shape index (κ2) is 7.36. The van der Waals surface area contributed by atoms with Crippen molar-refractivity contribution in [1.29, 1.82) is 0 Å². The van der Waals surface area contributed by atoms with Gasteiger partial charge in [-0.15, -0.1) is 5.10 Å². The first-order valence-corrected chi connectivity index (χ1v) is 9.88. The molecule has 0 amide bonds. The van der Waals surface area contributed by atoms with Crippen LogP contribution in [0.3, 0.4) is 0 Å². The van der Waals surface area contributed by atoms with E-state index in [1.807, 2.05) is 32.9 Å². The van der Waals surface area contributed by atoms with Gasteiger partial charge in [0.1, 0.15) is 10.6 Å². The molecule has 1 aromatic heterocycles. The highest BCUT2D eigenvalue weighted by molar-refractivity contribution is 7.92. The van der Waals surface area contributed by atoms with Crippen LogP contribution < -0.4 is 9.46 Å². The molecule has 0 fully saturated rings. The normalized spacial score (nSPS) is 11.4. The molecule has 0 aliphatic rings. The van der Waals surface area contributed by atoms with Crippen molar-refractivity contribution in [3.05, 3.63) is 47.5 Å². The summed E-state index contributed by atoms with van der Waals surface area (Å²) in [6, 6.07) is 10.4. The van der Waals surface area contributed by atoms with Gasteiger partial charge in [-0.2, -0.15) is 0 Å². The standard InChI is InChI=1S/C18H21N5O3S/c1-5-23-18(19-21-22-23)14-7-9-16(26-4)17(11-14)27(24,25)20-15-8-6-12(2)10-13(15)3/h6-11,20H,5H2,1-4H3. The average Bonchev–Trinajstić information content (AvgIpc) is 3.12. The van der Waals surface area contributed by atoms with E-state index in [1.54, 1.807) is 22.9 Å². The Morgan fingerprint density at radius 2 is 1.93 bits per heavy atom. The predicted molar refractivity (Wildman–Crippen MR) is 102 cm³/mol. The molecule has 2 aromatic carbocycles. The third-order valence-electron chi connectivity index (χ3n) is 4.17. The van der Waals surface area contributed by atoms with Crippen molar-refractivity contribution in [2.45, 2.75) is 32.2 Å². The molecule has 9 heteroatoms. The van der Waals surface area contributed by atoms with E-state index >= 15 is 0 Å². The fourth-order valence-corrected chi connectivity index (χ4v) is 4.10. The minimum absolute atomic E-state index is 0.0214. The number of aryl methyl sites for hydroxylation is 3. The van der Waals surface area contributed by atoms with Gasteiger partial charge >= 0.3 is 0 Å². The van der Waals surface area contributed by atoms with Gasteiger partial charge in [0, 0.05) is 12.1 Å². The maximum atomic E-state index is 13.0. The molecule has 0 saturated heterocycles. The zero-order valence-corrected chi connectivity index (χ0v) is 16.4. The molecular weight excluding hydrogens is 366 g/mol. The molecule has 0 saturated carbocycles. The van der Waals surface area contributed by atoms with Gasteiger partial charge < -0.3 is 4.74 Å². The second-order valence-electron chi connectivity index (χ2n) is 6.11. The molecule has 3 aromatic rings. The smallest absolute Gasteiger partial charge is 0.265 e. The van der Waals surface area contributed by atoms with E-state index in [0.29, 0.717) is 23.6 Å². The minimum atomic E-state index is -3.88. The van der Waals surface area contributed by atoms with E-state index in [9.17, 15) is 8.42 Å². The summed E-state index contributed by atoms with van der Waals surface area (Å²) in [7, 11) is -2.45. The van der Waals surface area contributed by atoms with Crippen molar-refractivity contribution in [2.24, 2.45) is 0 Å². The van der Waals surface area contributed by atoms with Gasteiger partial charge in [0.05, 0.1) is 12.8 Å². The summed E-state index contributed by atoms with van der Waals surface area (Å²) < 4.78 is 35.6. The number of methoxy groups -OCH3 is 1. The number of rotatable bonds is 6. The summed E-state index contributed by atoms with van der Waals surface area (Å²) in [6.07, 6.45) is 0. The number of ether oxygens (including phenoxy) is 1. The number of hydrogen-bond donors (Lipinski definition) is 1. The Labute approximate surface area is 158 Å². The van der Waals surface area contributed by atoms with E-state index in [1.165, 1.54) is 13.2 Å². The fraction of sp³-hybridized carbons (Fsp3) is 0.278. The summed E-state index contributed by atoms with van der Waals surface area (Å²) >= 11 is 0. The topological polar surface area (TPSA) is 99.0 Å². The van der Waals surface area contributed by atoms with Crippen LogP contribution in [0.1, 0.15) is 18.1 Å². The summed E-state index contributed by atoms with van der Waals surface area (Å²) in [6.45, 7) is 6.28. The first kappa shape index (κ1) is 18.8. The quantitative estimate of drug-likeness (QED) is 0.698. The number of anilines is 1. The van der Waals surface area contributed by atoms with E-state index in [0.717, 1.165) is 11.1 Å². The van der Waals surface area contributed by atoms with Crippen molar-refractivity contribution in [2.75, 3.05) is 11.8 Å². The van der Waals surface area contributed by atoms with Crippen molar-refractivity contribution >= 4 is 15.7 Å². The number of benzene rings is 2. The van der Waals surface area contributed by atoms with Crippen molar-refractivity contribution in [1.82, 2.24) is 20.2 Å². The lowest BCUT2D eigenvalue weighted by Gasteiger charge is -2.14. The molecule has 0 aliphatic carbocycles. The maximum absolute atomic E-state index is 13.0. The zero-order valence-electron chi connectivity index (χ0n) is 15.6. The Morgan fingerprint density at radius 1 is 1.15 bits per heavy atom. The predicted octanol–water partition coefficient (Wildman–Crippen LogP) is 2.79. The lowest BCUT2D eigenvalue weighted by molar-refractivity contribution is 0.403. The number of tetrazole rings is 1. The molecule has 27 heavy (non-hydrogen) atoms. The number of hydrogen-bond acceptors (Lipinski definition) is 6. The largest absolute Gasteiger partial charge is 0.495 e. The Hall–Kier alpha value is -2.94. The molecule has 3 rings (SSSR count). The Balaban J connectivity index is 2.07. The molecule has 0 unspecified atom stereocenters. The van der Waals surface area contributed by atoms with E-state index in [-0.39, 0.29) is 10.6 Å². The zero-order chi connectivity index (χ0) is 19.6. The molecule has 0 aliphatic heterocycles. The molecule has 0 bridgehead atoms.